The van der Waals surface area contributed by atoms with Gasteiger partial charge in [-0.3, -0.25) is 10.1 Å². The van der Waals surface area contributed by atoms with Crippen molar-refractivity contribution in [2.45, 2.75) is 24.6 Å². The van der Waals surface area contributed by atoms with Crippen LogP contribution in [0.2, 0.25) is 0 Å². The molecule has 0 atom stereocenters. The Morgan fingerprint density at radius 1 is 1.11 bits per heavy atom. The van der Waals surface area contributed by atoms with Crippen LogP contribution in [-0.4, -0.2) is 43.5 Å². The molecule has 182 valence electrons. The Bertz CT molecular complexity index is 1340. The molecule has 9 nitrogen and oxygen atoms in total. The standard InChI is InChI=1S/C24H24N4O5S2/c1-3-35(30,31)24-28-27-23(34-24)26-22(29)19(16-25)15-18-9-11-20(12-10-18)32-13-6-14-33-21-8-5-4-7-17(21)2/h4-5,7-12,15H,3,6,13-14H2,1-2H3,(H,26,27,29). The molecule has 1 N–H and O–H groups in total. The first-order chi connectivity index (χ1) is 16.8. The summed E-state index contributed by atoms with van der Waals surface area (Å²) in [5, 5.41) is 19.0. The van der Waals surface area contributed by atoms with E-state index in [1.54, 1.807) is 24.3 Å². The number of nitriles is 1. The molecular formula is C24H24N4O5S2. The van der Waals surface area contributed by atoms with Crippen molar-refractivity contribution >= 4 is 38.3 Å². The second kappa shape index (κ2) is 12.1. The van der Waals surface area contributed by atoms with E-state index < -0.39 is 15.7 Å². The van der Waals surface area contributed by atoms with Gasteiger partial charge in [0.15, 0.2) is 0 Å². The molecule has 0 fully saturated rings. The molecule has 0 aliphatic heterocycles. The largest absolute Gasteiger partial charge is 0.493 e. The summed E-state index contributed by atoms with van der Waals surface area (Å²) in [5.74, 6) is 0.677. The van der Waals surface area contributed by atoms with Gasteiger partial charge in [0.2, 0.25) is 19.3 Å². The third-order valence-corrected chi connectivity index (χ3v) is 7.76. The molecule has 0 bridgehead atoms. The summed E-state index contributed by atoms with van der Waals surface area (Å²) in [6.45, 7) is 4.50. The Morgan fingerprint density at radius 3 is 2.51 bits per heavy atom. The molecule has 3 aromatic rings. The number of rotatable bonds is 11. The first-order valence-electron chi connectivity index (χ1n) is 10.7. The molecule has 0 radical (unpaired) electrons. The average molecular weight is 513 g/mol. The summed E-state index contributed by atoms with van der Waals surface area (Å²) < 4.78 is 35.0. The summed E-state index contributed by atoms with van der Waals surface area (Å²) in [5.41, 5.74) is 1.54. The zero-order chi connectivity index (χ0) is 25.3. The molecule has 0 saturated heterocycles. The number of carbonyl (C=O) groups excluding carboxylic acids is 1. The molecule has 1 aromatic heterocycles. The van der Waals surface area contributed by atoms with Gasteiger partial charge in [0.05, 0.1) is 19.0 Å². The molecule has 35 heavy (non-hydrogen) atoms. The van der Waals surface area contributed by atoms with E-state index in [2.05, 4.69) is 15.5 Å². The predicted octanol–water partition coefficient (Wildman–Crippen LogP) is 4.03. The van der Waals surface area contributed by atoms with Crippen LogP contribution in [0.4, 0.5) is 5.13 Å². The number of nitrogens with one attached hydrogen (secondary N) is 1. The van der Waals surface area contributed by atoms with Crippen molar-refractivity contribution in [1.29, 1.82) is 5.26 Å². The van der Waals surface area contributed by atoms with E-state index in [0.717, 1.165) is 22.6 Å². The molecule has 1 amide bonds. The molecule has 3 rings (SSSR count). The Balaban J connectivity index is 1.51. The lowest BCUT2D eigenvalue weighted by Gasteiger charge is -2.10. The van der Waals surface area contributed by atoms with Gasteiger partial charge >= 0.3 is 0 Å². The zero-order valence-electron chi connectivity index (χ0n) is 19.2. The van der Waals surface area contributed by atoms with Gasteiger partial charge in [-0.25, -0.2) is 8.42 Å². The Hall–Kier alpha value is -3.75. The molecule has 0 unspecified atom stereocenters. The molecule has 0 saturated carbocycles. The van der Waals surface area contributed by atoms with E-state index in [-0.39, 0.29) is 20.8 Å². The van der Waals surface area contributed by atoms with E-state index in [4.69, 9.17) is 9.47 Å². The van der Waals surface area contributed by atoms with Crippen LogP contribution in [0.25, 0.3) is 6.08 Å². The summed E-state index contributed by atoms with van der Waals surface area (Å²) in [7, 11) is -3.52. The summed E-state index contributed by atoms with van der Waals surface area (Å²) in [6, 6.07) is 16.6. The SMILES string of the molecule is CCS(=O)(=O)c1nnc(NC(=O)C(C#N)=Cc2ccc(OCCCOc3ccccc3C)cc2)s1. The van der Waals surface area contributed by atoms with Crippen LogP contribution in [0, 0.1) is 18.3 Å². The van der Waals surface area contributed by atoms with Gasteiger partial charge in [0, 0.05) is 6.42 Å². The van der Waals surface area contributed by atoms with Crippen LogP contribution in [0.3, 0.4) is 0 Å². The first-order valence-corrected chi connectivity index (χ1v) is 13.2. The van der Waals surface area contributed by atoms with Gasteiger partial charge in [-0.15, -0.1) is 10.2 Å². The minimum atomic E-state index is -3.52. The Morgan fingerprint density at radius 2 is 1.83 bits per heavy atom. The number of sulfone groups is 1. The second-order valence-corrected chi connectivity index (χ2v) is 10.7. The van der Waals surface area contributed by atoms with Crippen molar-refractivity contribution in [3.05, 3.63) is 65.2 Å². The fourth-order valence-electron chi connectivity index (χ4n) is 2.80. The zero-order valence-corrected chi connectivity index (χ0v) is 20.9. The van der Waals surface area contributed by atoms with Crippen molar-refractivity contribution in [2.75, 3.05) is 24.3 Å². The second-order valence-electron chi connectivity index (χ2n) is 7.29. The van der Waals surface area contributed by atoms with Gasteiger partial charge in [0.1, 0.15) is 23.1 Å². The van der Waals surface area contributed by atoms with Crippen LogP contribution in [0.1, 0.15) is 24.5 Å². The predicted molar refractivity (Wildman–Crippen MR) is 133 cm³/mol. The van der Waals surface area contributed by atoms with Crippen molar-refractivity contribution in [1.82, 2.24) is 10.2 Å². The fourth-order valence-corrected chi connectivity index (χ4v) is 4.78. The van der Waals surface area contributed by atoms with Crippen LogP contribution in [0.5, 0.6) is 11.5 Å². The number of anilines is 1. The highest BCUT2D eigenvalue weighted by Gasteiger charge is 2.19. The smallest absolute Gasteiger partial charge is 0.268 e. The maximum atomic E-state index is 12.4. The minimum Gasteiger partial charge on any atom is -0.493 e. The number of ether oxygens (including phenoxy) is 2. The van der Waals surface area contributed by atoms with Gasteiger partial charge in [-0.05, 0) is 42.3 Å². The number of nitrogens with zero attached hydrogens (tertiary/aromatic N) is 3. The number of benzene rings is 2. The average Bonchev–Trinajstić information content (AvgIpc) is 3.33. The number of aryl methyl sites for hydroxylation is 1. The van der Waals surface area contributed by atoms with E-state index in [1.165, 1.54) is 13.0 Å². The van der Waals surface area contributed by atoms with Crippen molar-refractivity contribution < 1.29 is 22.7 Å². The number of hydrogen-bond acceptors (Lipinski definition) is 9. The van der Waals surface area contributed by atoms with Crippen LogP contribution in [-0.2, 0) is 14.6 Å². The number of hydrogen-bond donors (Lipinski definition) is 1. The van der Waals surface area contributed by atoms with Crippen LogP contribution < -0.4 is 14.8 Å². The molecule has 1 heterocycles. The number of para-hydroxylation sites is 1. The quantitative estimate of drug-likeness (QED) is 0.176. The van der Waals surface area contributed by atoms with Crippen molar-refractivity contribution in [2.24, 2.45) is 0 Å². The number of amides is 1. The Labute approximate surface area is 208 Å². The summed E-state index contributed by atoms with van der Waals surface area (Å²) in [4.78, 5) is 12.4. The fraction of sp³-hybridized carbons (Fsp3) is 0.250. The highest BCUT2D eigenvalue weighted by atomic mass is 32.2. The van der Waals surface area contributed by atoms with E-state index in [0.29, 0.717) is 30.9 Å². The molecule has 0 aliphatic carbocycles. The van der Waals surface area contributed by atoms with E-state index >= 15 is 0 Å². The normalized spacial score (nSPS) is 11.5. The van der Waals surface area contributed by atoms with Crippen LogP contribution in [0.15, 0.2) is 58.4 Å². The maximum Gasteiger partial charge on any atom is 0.268 e. The highest BCUT2D eigenvalue weighted by Crippen LogP contribution is 2.22. The van der Waals surface area contributed by atoms with Gasteiger partial charge in [-0.2, -0.15) is 5.26 Å². The lowest BCUT2D eigenvalue weighted by molar-refractivity contribution is -0.112. The summed E-state index contributed by atoms with van der Waals surface area (Å²) in [6.07, 6.45) is 2.13. The lowest BCUT2D eigenvalue weighted by Crippen LogP contribution is -2.13. The summed E-state index contributed by atoms with van der Waals surface area (Å²) >= 11 is 0.735. The first kappa shape index (κ1) is 25.9. The molecule has 2 aromatic carbocycles. The van der Waals surface area contributed by atoms with Gasteiger partial charge < -0.3 is 9.47 Å². The molecule has 11 heteroatoms. The van der Waals surface area contributed by atoms with Gasteiger partial charge in [0.25, 0.3) is 5.91 Å². The van der Waals surface area contributed by atoms with Crippen molar-refractivity contribution in [3.63, 3.8) is 0 Å². The third kappa shape index (κ3) is 7.37. The lowest BCUT2D eigenvalue weighted by atomic mass is 10.1. The molecule has 0 aliphatic rings. The van der Waals surface area contributed by atoms with Crippen LogP contribution >= 0.6 is 11.3 Å². The number of aromatic nitrogens is 2. The topological polar surface area (TPSA) is 131 Å². The van der Waals surface area contributed by atoms with E-state index in [9.17, 15) is 18.5 Å². The Kier molecular flexibility index (Phi) is 8.94. The molecule has 0 spiro atoms. The highest BCUT2D eigenvalue weighted by molar-refractivity contribution is 7.93. The third-order valence-electron chi connectivity index (χ3n) is 4.74. The molecular weight excluding hydrogens is 488 g/mol. The van der Waals surface area contributed by atoms with Crippen molar-refractivity contribution in [3.8, 4) is 17.6 Å². The number of carbonyl (C=O) groups is 1. The van der Waals surface area contributed by atoms with Gasteiger partial charge in [-0.1, -0.05) is 48.6 Å². The monoisotopic (exact) mass is 512 g/mol. The van der Waals surface area contributed by atoms with E-state index in [1.807, 2.05) is 37.3 Å². The maximum absolute atomic E-state index is 12.4. The minimum absolute atomic E-state index is 0.00155.